The molecule has 0 aromatic carbocycles. The number of rotatable bonds is 7. The minimum Gasteiger partial charge on any atom is -0.479 e. The molecule has 1 amide bonds. The number of aromatic nitrogens is 5. The van der Waals surface area contributed by atoms with E-state index in [0.29, 0.717) is 35.9 Å². The molecule has 0 spiro atoms. The molecule has 5 heterocycles. The van der Waals surface area contributed by atoms with E-state index >= 15 is 0 Å². The molecule has 0 bridgehead atoms. The fourth-order valence-electron chi connectivity index (χ4n) is 5.72. The van der Waals surface area contributed by atoms with E-state index in [9.17, 15) is 4.79 Å². The number of amides is 1. The number of carbonyl (C=O) groups is 1. The monoisotopic (exact) mass is 546 g/mol. The van der Waals surface area contributed by atoms with E-state index in [2.05, 4.69) is 39.9 Å². The lowest BCUT2D eigenvalue weighted by Crippen LogP contribution is -2.38. The van der Waals surface area contributed by atoms with E-state index in [1.165, 1.54) is 11.8 Å². The van der Waals surface area contributed by atoms with Crippen LogP contribution in [0.2, 0.25) is 0 Å². The molecule has 1 saturated carbocycles. The Morgan fingerprint density at radius 3 is 2.40 bits per heavy atom. The largest absolute Gasteiger partial charge is 0.479 e. The molecule has 11 nitrogen and oxygen atoms in total. The van der Waals surface area contributed by atoms with Gasteiger partial charge < -0.3 is 25.0 Å². The highest BCUT2D eigenvalue weighted by Crippen LogP contribution is 2.48. The van der Waals surface area contributed by atoms with Gasteiger partial charge in [-0.25, -0.2) is 14.6 Å². The van der Waals surface area contributed by atoms with Crippen molar-refractivity contribution in [2.24, 2.45) is 23.0 Å². The second-order valence-electron chi connectivity index (χ2n) is 12.6. The standard InChI is InChI=1S/C29H38N8O3/c1-28(2)7-11-35(12-8-28)22-13-18(29(3,4)30)14-23(33-22)40-24-19-15-36(16-20(19)24)26(38)21-17-37(34-25(21)39-5)27-31-9-6-10-32-27/h6,9-10,13-14,17,19-20,24H,7-8,11-12,15-16,30H2,1-5H3. The third-order valence-corrected chi connectivity index (χ3v) is 8.49. The molecule has 6 rings (SSSR count). The summed E-state index contributed by atoms with van der Waals surface area (Å²) in [5.74, 6) is 2.57. The molecule has 11 heteroatoms. The van der Waals surface area contributed by atoms with Crippen molar-refractivity contribution >= 4 is 11.7 Å². The summed E-state index contributed by atoms with van der Waals surface area (Å²) in [6, 6.07) is 5.80. The summed E-state index contributed by atoms with van der Waals surface area (Å²) in [6.45, 7) is 11.8. The van der Waals surface area contributed by atoms with Crippen LogP contribution in [-0.2, 0) is 5.54 Å². The lowest BCUT2D eigenvalue weighted by atomic mass is 9.82. The average Bonchev–Trinajstić information content (AvgIpc) is 3.27. The Balaban J connectivity index is 1.14. The quantitative estimate of drug-likeness (QED) is 0.476. The highest BCUT2D eigenvalue weighted by atomic mass is 16.5. The summed E-state index contributed by atoms with van der Waals surface area (Å²) in [6.07, 6.45) is 7.16. The number of hydrogen-bond donors (Lipinski definition) is 1. The van der Waals surface area contributed by atoms with Gasteiger partial charge in [0.15, 0.2) is 0 Å². The molecule has 3 aliphatic rings. The van der Waals surface area contributed by atoms with Crippen molar-refractivity contribution in [2.75, 3.05) is 38.2 Å². The highest BCUT2D eigenvalue weighted by Gasteiger charge is 2.59. The predicted octanol–water partition coefficient (Wildman–Crippen LogP) is 3.04. The molecule has 2 aliphatic heterocycles. The molecule has 3 fully saturated rings. The minimum absolute atomic E-state index is 0.0307. The van der Waals surface area contributed by atoms with E-state index < -0.39 is 5.54 Å². The van der Waals surface area contributed by atoms with Crippen LogP contribution >= 0.6 is 0 Å². The van der Waals surface area contributed by atoms with Crippen molar-refractivity contribution in [1.29, 1.82) is 0 Å². The fraction of sp³-hybridized carbons (Fsp3) is 0.552. The van der Waals surface area contributed by atoms with Gasteiger partial charge in [-0.1, -0.05) is 13.8 Å². The Kier molecular flexibility index (Phi) is 6.44. The van der Waals surface area contributed by atoms with Crippen LogP contribution < -0.4 is 20.1 Å². The predicted molar refractivity (Wildman–Crippen MR) is 150 cm³/mol. The number of anilines is 1. The first-order valence-corrected chi connectivity index (χ1v) is 14.0. The highest BCUT2D eigenvalue weighted by molar-refractivity contribution is 5.96. The van der Waals surface area contributed by atoms with Gasteiger partial charge in [0.25, 0.3) is 11.9 Å². The van der Waals surface area contributed by atoms with E-state index in [-0.39, 0.29) is 29.7 Å². The minimum atomic E-state index is -0.512. The normalized spacial score (nSPS) is 23.6. The summed E-state index contributed by atoms with van der Waals surface area (Å²) in [5.41, 5.74) is 7.74. The average molecular weight is 547 g/mol. The van der Waals surface area contributed by atoms with Crippen molar-refractivity contribution in [1.82, 2.24) is 29.6 Å². The number of pyridine rings is 1. The van der Waals surface area contributed by atoms with Gasteiger partial charge in [-0.05, 0) is 49.8 Å². The van der Waals surface area contributed by atoms with Crippen LogP contribution in [-0.4, -0.2) is 74.9 Å². The van der Waals surface area contributed by atoms with Crippen molar-refractivity contribution in [3.05, 3.63) is 47.9 Å². The van der Waals surface area contributed by atoms with Gasteiger partial charge in [0.1, 0.15) is 17.5 Å². The summed E-state index contributed by atoms with van der Waals surface area (Å²) in [5, 5.41) is 4.35. The first-order valence-electron chi connectivity index (χ1n) is 14.0. The first-order chi connectivity index (χ1) is 19.0. The van der Waals surface area contributed by atoms with Gasteiger partial charge in [0.05, 0.1) is 13.3 Å². The molecule has 2 N–H and O–H groups in total. The number of hydrogen-bond acceptors (Lipinski definition) is 9. The van der Waals surface area contributed by atoms with Gasteiger partial charge in [0, 0.05) is 62.0 Å². The maximum atomic E-state index is 13.4. The molecule has 2 saturated heterocycles. The zero-order chi connectivity index (χ0) is 28.2. The molecule has 3 aromatic rings. The molecule has 2 atom stereocenters. The topological polar surface area (TPSA) is 125 Å². The number of fused-ring (bicyclic) bond motifs is 1. The molecular weight excluding hydrogens is 508 g/mol. The van der Waals surface area contributed by atoms with Crippen molar-refractivity contribution in [2.45, 2.75) is 52.2 Å². The summed E-state index contributed by atoms with van der Waals surface area (Å²) in [7, 11) is 1.50. The van der Waals surface area contributed by atoms with E-state index in [1.807, 2.05) is 24.8 Å². The van der Waals surface area contributed by atoms with Crippen molar-refractivity contribution < 1.29 is 14.3 Å². The Labute approximate surface area is 234 Å². The Hall–Kier alpha value is -3.73. The second kappa shape index (κ2) is 9.72. The van der Waals surface area contributed by atoms with Gasteiger partial charge in [-0.3, -0.25) is 4.79 Å². The molecule has 2 unspecified atom stereocenters. The zero-order valence-corrected chi connectivity index (χ0v) is 23.9. The van der Waals surface area contributed by atoms with Crippen LogP contribution in [0.1, 0.15) is 56.5 Å². The third kappa shape index (κ3) is 5.10. The number of ether oxygens (including phenoxy) is 2. The molecular formula is C29H38N8O3. The van der Waals surface area contributed by atoms with Crippen molar-refractivity contribution in [3.8, 4) is 17.7 Å². The van der Waals surface area contributed by atoms with Gasteiger partial charge >= 0.3 is 0 Å². The zero-order valence-electron chi connectivity index (χ0n) is 23.9. The second-order valence-corrected chi connectivity index (χ2v) is 12.6. The number of piperidine rings is 2. The summed E-state index contributed by atoms with van der Waals surface area (Å²) >= 11 is 0. The molecule has 40 heavy (non-hydrogen) atoms. The van der Waals surface area contributed by atoms with Crippen LogP contribution in [0.4, 0.5) is 5.82 Å². The van der Waals surface area contributed by atoms with E-state index in [0.717, 1.165) is 37.3 Å². The molecule has 0 radical (unpaired) electrons. The van der Waals surface area contributed by atoms with E-state index in [1.54, 1.807) is 24.7 Å². The summed E-state index contributed by atoms with van der Waals surface area (Å²) < 4.78 is 13.3. The van der Waals surface area contributed by atoms with Crippen LogP contribution in [0.15, 0.2) is 36.8 Å². The van der Waals surface area contributed by atoms with Crippen LogP contribution in [0.5, 0.6) is 11.8 Å². The van der Waals surface area contributed by atoms with Gasteiger partial charge in [0.2, 0.25) is 11.8 Å². The van der Waals surface area contributed by atoms with Gasteiger partial charge in [-0.2, -0.15) is 4.98 Å². The maximum absolute atomic E-state index is 13.4. The van der Waals surface area contributed by atoms with E-state index in [4.69, 9.17) is 20.2 Å². The Morgan fingerprint density at radius 1 is 1.10 bits per heavy atom. The molecule has 1 aliphatic carbocycles. The number of carbonyl (C=O) groups excluding carboxylic acids is 1. The van der Waals surface area contributed by atoms with Crippen molar-refractivity contribution in [3.63, 3.8) is 0 Å². The first kappa shape index (κ1) is 26.5. The van der Waals surface area contributed by atoms with Crippen LogP contribution in [0.25, 0.3) is 5.95 Å². The third-order valence-electron chi connectivity index (χ3n) is 8.49. The molecule has 212 valence electrons. The smallest absolute Gasteiger partial charge is 0.261 e. The number of nitrogens with zero attached hydrogens (tertiary/aromatic N) is 7. The van der Waals surface area contributed by atoms with Crippen LogP contribution in [0, 0.1) is 17.3 Å². The fourth-order valence-corrected chi connectivity index (χ4v) is 5.72. The van der Waals surface area contributed by atoms with Crippen LogP contribution in [0.3, 0.4) is 0 Å². The lowest BCUT2D eigenvalue weighted by Gasteiger charge is -2.38. The number of methoxy groups -OCH3 is 1. The number of nitrogens with two attached hydrogens (primary N) is 1. The Morgan fingerprint density at radius 2 is 1.77 bits per heavy atom. The SMILES string of the molecule is COc1nn(-c2ncccn2)cc1C(=O)N1CC2C(C1)C2Oc1cc(C(C)(C)N)cc(N2CCC(C)(C)CC2)n1. The summed E-state index contributed by atoms with van der Waals surface area (Å²) in [4.78, 5) is 30.9. The Bertz CT molecular complexity index is 1380. The maximum Gasteiger partial charge on any atom is 0.261 e. The number of likely N-dealkylation sites (tertiary alicyclic amines) is 1. The molecule has 3 aromatic heterocycles. The lowest BCUT2D eigenvalue weighted by molar-refractivity contribution is 0.0748. The van der Waals surface area contributed by atoms with Gasteiger partial charge in [-0.15, -0.1) is 5.10 Å².